The van der Waals surface area contributed by atoms with E-state index in [4.69, 9.17) is 9.72 Å². The zero-order valence-electron chi connectivity index (χ0n) is 12.2. The standard InChI is InChI=1S/C15H20N4O/c1-11-9-18(10-12(2)20-11)14-5-4-6-15(17-14)19-8-7-16-13(19)3/h4-8,11-12H,9-10H2,1-3H3/t11-,12+. The van der Waals surface area contributed by atoms with Crippen LogP contribution < -0.4 is 4.90 Å². The quantitative estimate of drug-likeness (QED) is 0.840. The van der Waals surface area contributed by atoms with Crippen LogP contribution in [0.2, 0.25) is 0 Å². The number of aryl methyl sites for hydroxylation is 1. The summed E-state index contributed by atoms with van der Waals surface area (Å²) in [5, 5.41) is 0. The molecule has 1 fully saturated rings. The summed E-state index contributed by atoms with van der Waals surface area (Å²) in [5.74, 6) is 2.85. The molecule has 0 spiro atoms. The second kappa shape index (κ2) is 5.25. The Kier molecular flexibility index (Phi) is 3.44. The van der Waals surface area contributed by atoms with Gasteiger partial charge in [-0.15, -0.1) is 0 Å². The highest BCUT2D eigenvalue weighted by molar-refractivity contribution is 5.43. The number of imidazole rings is 1. The largest absolute Gasteiger partial charge is 0.372 e. The molecule has 2 atom stereocenters. The van der Waals surface area contributed by atoms with E-state index in [1.54, 1.807) is 6.20 Å². The van der Waals surface area contributed by atoms with E-state index in [0.29, 0.717) is 0 Å². The van der Waals surface area contributed by atoms with Gasteiger partial charge in [-0.05, 0) is 32.9 Å². The maximum Gasteiger partial charge on any atom is 0.140 e. The number of ether oxygens (including phenoxy) is 1. The lowest BCUT2D eigenvalue weighted by Crippen LogP contribution is -2.45. The minimum Gasteiger partial charge on any atom is -0.372 e. The predicted octanol–water partition coefficient (Wildman–Crippen LogP) is 2.19. The molecule has 0 unspecified atom stereocenters. The fraction of sp³-hybridized carbons (Fsp3) is 0.467. The second-order valence-electron chi connectivity index (χ2n) is 5.36. The van der Waals surface area contributed by atoms with Gasteiger partial charge < -0.3 is 9.64 Å². The molecular weight excluding hydrogens is 252 g/mol. The van der Waals surface area contributed by atoms with Gasteiger partial charge in [0.1, 0.15) is 17.5 Å². The monoisotopic (exact) mass is 272 g/mol. The molecule has 20 heavy (non-hydrogen) atoms. The van der Waals surface area contributed by atoms with Gasteiger partial charge in [0.15, 0.2) is 0 Å². The molecule has 5 heteroatoms. The lowest BCUT2D eigenvalue weighted by molar-refractivity contribution is -0.00546. The highest BCUT2D eigenvalue weighted by Gasteiger charge is 2.23. The predicted molar refractivity (Wildman–Crippen MR) is 78.3 cm³/mol. The molecule has 0 radical (unpaired) electrons. The van der Waals surface area contributed by atoms with Crippen LogP contribution >= 0.6 is 0 Å². The molecule has 0 saturated carbocycles. The Morgan fingerprint density at radius 2 is 1.85 bits per heavy atom. The Hall–Kier alpha value is -1.88. The van der Waals surface area contributed by atoms with E-state index < -0.39 is 0 Å². The Morgan fingerprint density at radius 3 is 2.50 bits per heavy atom. The van der Waals surface area contributed by atoms with Crippen LogP contribution in [0, 0.1) is 6.92 Å². The van der Waals surface area contributed by atoms with Gasteiger partial charge in [-0.3, -0.25) is 4.57 Å². The number of rotatable bonds is 2. The van der Waals surface area contributed by atoms with E-state index in [0.717, 1.165) is 30.5 Å². The second-order valence-corrected chi connectivity index (χ2v) is 5.36. The molecule has 0 N–H and O–H groups in total. The summed E-state index contributed by atoms with van der Waals surface area (Å²) in [4.78, 5) is 11.3. The molecule has 1 aliphatic heterocycles. The van der Waals surface area contributed by atoms with Gasteiger partial charge in [0.25, 0.3) is 0 Å². The van der Waals surface area contributed by atoms with Gasteiger partial charge >= 0.3 is 0 Å². The molecule has 0 aromatic carbocycles. The van der Waals surface area contributed by atoms with Crippen molar-refractivity contribution in [1.82, 2.24) is 14.5 Å². The summed E-state index contributed by atoms with van der Waals surface area (Å²) in [7, 11) is 0. The minimum absolute atomic E-state index is 0.235. The van der Waals surface area contributed by atoms with Gasteiger partial charge in [0.05, 0.1) is 12.2 Å². The number of morpholine rings is 1. The van der Waals surface area contributed by atoms with Crippen LogP contribution in [-0.4, -0.2) is 39.8 Å². The molecule has 3 rings (SSSR count). The Bertz CT molecular complexity index is 585. The first-order chi connectivity index (χ1) is 9.63. The zero-order chi connectivity index (χ0) is 14.1. The van der Waals surface area contributed by atoms with Crippen molar-refractivity contribution in [2.24, 2.45) is 0 Å². The molecule has 0 bridgehead atoms. The number of aromatic nitrogens is 3. The fourth-order valence-corrected chi connectivity index (χ4v) is 2.71. The molecule has 1 aliphatic rings. The van der Waals surface area contributed by atoms with Crippen molar-refractivity contribution in [3.63, 3.8) is 0 Å². The van der Waals surface area contributed by atoms with Crippen LogP contribution in [0.1, 0.15) is 19.7 Å². The van der Waals surface area contributed by atoms with E-state index in [1.165, 1.54) is 0 Å². The van der Waals surface area contributed by atoms with Gasteiger partial charge in [-0.2, -0.15) is 0 Å². The van der Waals surface area contributed by atoms with E-state index >= 15 is 0 Å². The van der Waals surface area contributed by atoms with Crippen LogP contribution in [0.4, 0.5) is 5.82 Å². The third-order valence-corrected chi connectivity index (χ3v) is 3.54. The van der Waals surface area contributed by atoms with E-state index in [1.807, 2.05) is 29.8 Å². The van der Waals surface area contributed by atoms with Crippen LogP contribution in [0.25, 0.3) is 5.82 Å². The lowest BCUT2D eigenvalue weighted by Gasteiger charge is -2.36. The van der Waals surface area contributed by atoms with Crippen molar-refractivity contribution in [2.45, 2.75) is 33.0 Å². The maximum atomic E-state index is 5.77. The molecule has 3 heterocycles. The Labute approximate surface area is 119 Å². The molecule has 1 saturated heterocycles. The fourth-order valence-electron chi connectivity index (χ4n) is 2.71. The summed E-state index contributed by atoms with van der Waals surface area (Å²) in [6, 6.07) is 6.11. The number of pyridine rings is 1. The van der Waals surface area contributed by atoms with Gasteiger partial charge in [0.2, 0.25) is 0 Å². The number of hydrogen-bond donors (Lipinski definition) is 0. The van der Waals surface area contributed by atoms with Gasteiger partial charge in [-0.25, -0.2) is 9.97 Å². The van der Waals surface area contributed by atoms with Crippen molar-refractivity contribution in [3.05, 3.63) is 36.4 Å². The number of nitrogens with zero attached hydrogens (tertiary/aromatic N) is 4. The molecular formula is C15H20N4O. The van der Waals surface area contributed by atoms with Crippen LogP contribution in [-0.2, 0) is 4.74 Å². The summed E-state index contributed by atoms with van der Waals surface area (Å²) in [5.41, 5.74) is 0. The summed E-state index contributed by atoms with van der Waals surface area (Å²) < 4.78 is 7.77. The Morgan fingerprint density at radius 1 is 1.15 bits per heavy atom. The van der Waals surface area contributed by atoms with Gasteiger partial charge in [0, 0.05) is 25.5 Å². The lowest BCUT2D eigenvalue weighted by atomic mass is 10.2. The number of hydrogen-bond acceptors (Lipinski definition) is 4. The van der Waals surface area contributed by atoms with Crippen molar-refractivity contribution >= 4 is 5.82 Å². The topological polar surface area (TPSA) is 43.2 Å². The van der Waals surface area contributed by atoms with Crippen molar-refractivity contribution in [1.29, 1.82) is 0 Å². The molecule has 2 aromatic heterocycles. The summed E-state index contributed by atoms with van der Waals surface area (Å²) in [6.45, 7) is 7.94. The SMILES string of the molecule is Cc1nccn1-c1cccc(N2C[C@@H](C)O[C@@H](C)C2)n1. The third-order valence-electron chi connectivity index (χ3n) is 3.54. The smallest absolute Gasteiger partial charge is 0.140 e. The van der Waals surface area contributed by atoms with Crippen molar-refractivity contribution in [3.8, 4) is 5.82 Å². The highest BCUT2D eigenvalue weighted by atomic mass is 16.5. The van der Waals surface area contributed by atoms with E-state index in [2.05, 4.69) is 29.8 Å². The average molecular weight is 272 g/mol. The first kappa shape index (κ1) is 13.1. The maximum absolute atomic E-state index is 5.77. The highest BCUT2D eigenvalue weighted by Crippen LogP contribution is 2.20. The minimum atomic E-state index is 0.235. The first-order valence-corrected chi connectivity index (χ1v) is 7.01. The van der Waals surface area contributed by atoms with E-state index in [-0.39, 0.29) is 12.2 Å². The summed E-state index contributed by atoms with van der Waals surface area (Å²) in [6.07, 6.45) is 4.20. The first-order valence-electron chi connectivity index (χ1n) is 7.01. The van der Waals surface area contributed by atoms with Crippen LogP contribution in [0.3, 0.4) is 0 Å². The Balaban J connectivity index is 1.90. The number of anilines is 1. The van der Waals surface area contributed by atoms with Crippen molar-refractivity contribution in [2.75, 3.05) is 18.0 Å². The van der Waals surface area contributed by atoms with Crippen LogP contribution in [0.15, 0.2) is 30.6 Å². The normalized spacial score (nSPS) is 23.1. The van der Waals surface area contributed by atoms with Crippen LogP contribution in [0.5, 0.6) is 0 Å². The van der Waals surface area contributed by atoms with Crippen molar-refractivity contribution < 1.29 is 4.74 Å². The molecule has 0 amide bonds. The van der Waals surface area contributed by atoms with Gasteiger partial charge in [-0.1, -0.05) is 6.07 Å². The molecule has 2 aromatic rings. The molecule has 5 nitrogen and oxygen atoms in total. The summed E-state index contributed by atoms with van der Waals surface area (Å²) >= 11 is 0. The third kappa shape index (κ3) is 2.54. The zero-order valence-corrected chi connectivity index (χ0v) is 12.2. The molecule has 0 aliphatic carbocycles. The average Bonchev–Trinajstić information content (AvgIpc) is 2.84. The van der Waals surface area contributed by atoms with E-state index in [9.17, 15) is 0 Å². The molecule has 106 valence electrons.